The van der Waals surface area contributed by atoms with Crippen molar-refractivity contribution in [1.82, 2.24) is 15.1 Å². The van der Waals surface area contributed by atoms with Crippen LogP contribution < -0.4 is 4.74 Å². The fourth-order valence-corrected chi connectivity index (χ4v) is 4.70. The molecule has 2 fully saturated rings. The van der Waals surface area contributed by atoms with Crippen LogP contribution in [-0.4, -0.2) is 44.0 Å². The second-order valence-electron chi connectivity index (χ2n) is 8.73. The van der Waals surface area contributed by atoms with Crippen LogP contribution in [0.15, 0.2) is 16.7 Å². The molecule has 26 heavy (non-hydrogen) atoms. The molecule has 0 aliphatic carbocycles. The molecule has 2 aliphatic heterocycles. The molecule has 2 bridgehead atoms. The number of ether oxygens (including phenoxy) is 2. The Bertz CT molecular complexity index is 676. The van der Waals surface area contributed by atoms with E-state index in [4.69, 9.17) is 9.47 Å². The maximum atomic E-state index is 13.0. The van der Waals surface area contributed by atoms with E-state index in [1.165, 1.54) is 0 Å². The number of nitrogens with zero attached hydrogens (tertiary/aromatic N) is 3. The number of aromatic nitrogens is 2. The zero-order valence-corrected chi connectivity index (χ0v) is 17.8. The van der Waals surface area contributed by atoms with Gasteiger partial charge < -0.3 is 9.47 Å². The number of hydrogen-bond acceptors (Lipinski definition) is 5. The summed E-state index contributed by atoms with van der Waals surface area (Å²) in [5.74, 6) is 0.526. The van der Waals surface area contributed by atoms with Crippen LogP contribution in [0.2, 0.25) is 0 Å². The fraction of sp³-hybridized carbons (Fsp3) is 0.737. The summed E-state index contributed by atoms with van der Waals surface area (Å²) in [6, 6.07) is 3.64. The Kier molecular flexibility index (Phi) is 4.97. The van der Waals surface area contributed by atoms with Crippen molar-refractivity contribution in [2.45, 2.75) is 89.5 Å². The number of hydrogen-bond donors (Lipinski definition) is 0. The molecule has 6 nitrogen and oxygen atoms in total. The fourth-order valence-electron chi connectivity index (χ4n) is 4.49. The second-order valence-corrected chi connectivity index (χ2v) is 9.55. The van der Waals surface area contributed by atoms with E-state index >= 15 is 0 Å². The molecule has 0 N–H and O–H groups in total. The summed E-state index contributed by atoms with van der Waals surface area (Å²) in [5, 5.41) is 8.09. The monoisotopic (exact) mass is 425 g/mol. The van der Waals surface area contributed by atoms with E-state index in [-0.39, 0.29) is 23.3 Å². The van der Waals surface area contributed by atoms with Gasteiger partial charge in [0.15, 0.2) is 0 Å². The molecule has 3 heterocycles. The normalized spacial score (nSPS) is 31.0. The highest BCUT2D eigenvalue weighted by molar-refractivity contribution is 9.10. The Morgan fingerprint density at radius 1 is 1.31 bits per heavy atom. The molecule has 1 aromatic heterocycles. The predicted molar refractivity (Wildman–Crippen MR) is 102 cm³/mol. The van der Waals surface area contributed by atoms with E-state index in [2.05, 4.69) is 40.0 Å². The maximum Gasteiger partial charge on any atom is 0.411 e. The van der Waals surface area contributed by atoms with E-state index in [1.807, 2.05) is 37.8 Å². The van der Waals surface area contributed by atoms with Gasteiger partial charge in [-0.3, -0.25) is 4.90 Å². The van der Waals surface area contributed by atoms with Gasteiger partial charge in [-0.05, 0) is 69.0 Å². The summed E-state index contributed by atoms with van der Waals surface area (Å²) in [5.41, 5.74) is -0.977. The number of amides is 1. The third-order valence-electron chi connectivity index (χ3n) is 5.55. The lowest BCUT2D eigenvalue weighted by atomic mass is 9.81. The van der Waals surface area contributed by atoms with Crippen molar-refractivity contribution < 1.29 is 14.3 Å². The van der Waals surface area contributed by atoms with Gasteiger partial charge in [-0.25, -0.2) is 4.79 Å². The first kappa shape index (κ1) is 19.4. The first-order chi connectivity index (χ1) is 12.1. The topological polar surface area (TPSA) is 64.6 Å². The predicted octanol–water partition coefficient (Wildman–Crippen LogP) is 4.72. The van der Waals surface area contributed by atoms with Crippen LogP contribution >= 0.6 is 15.9 Å². The molecule has 2 saturated heterocycles. The van der Waals surface area contributed by atoms with Crippen LogP contribution in [0.4, 0.5) is 4.79 Å². The van der Waals surface area contributed by atoms with E-state index in [1.54, 1.807) is 0 Å². The van der Waals surface area contributed by atoms with Crippen LogP contribution in [0, 0.1) is 0 Å². The zero-order valence-electron chi connectivity index (χ0n) is 16.2. The van der Waals surface area contributed by atoms with Gasteiger partial charge in [-0.1, -0.05) is 6.92 Å². The van der Waals surface area contributed by atoms with Crippen LogP contribution in [0.1, 0.15) is 66.7 Å². The van der Waals surface area contributed by atoms with Crippen molar-refractivity contribution in [2.75, 3.05) is 0 Å². The van der Waals surface area contributed by atoms with Crippen LogP contribution in [0.25, 0.3) is 0 Å². The number of halogens is 1. The van der Waals surface area contributed by atoms with Crippen molar-refractivity contribution in [3.63, 3.8) is 0 Å². The largest absolute Gasteiger partial charge is 0.473 e. The highest BCUT2D eigenvalue weighted by Gasteiger charge is 2.60. The molecule has 0 aromatic carbocycles. The van der Waals surface area contributed by atoms with Gasteiger partial charge in [0.05, 0.1) is 5.54 Å². The molecule has 144 valence electrons. The Morgan fingerprint density at radius 3 is 2.62 bits per heavy atom. The number of piperidine rings is 1. The van der Waals surface area contributed by atoms with Gasteiger partial charge in [0.25, 0.3) is 0 Å². The van der Waals surface area contributed by atoms with Gasteiger partial charge in [0, 0.05) is 24.4 Å². The average Bonchev–Trinajstić information content (AvgIpc) is 2.72. The molecule has 2 aliphatic rings. The third-order valence-corrected chi connectivity index (χ3v) is 5.97. The zero-order chi connectivity index (χ0) is 19.2. The van der Waals surface area contributed by atoms with Crippen molar-refractivity contribution >= 4 is 22.0 Å². The summed E-state index contributed by atoms with van der Waals surface area (Å²) < 4.78 is 12.6. The van der Waals surface area contributed by atoms with E-state index in [0.29, 0.717) is 10.5 Å². The summed E-state index contributed by atoms with van der Waals surface area (Å²) in [6.07, 6.45) is 4.19. The highest BCUT2D eigenvalue weighted by Crippen LogP contribution is 2.53. The van der Waals surface area contributed by atoms with Crippen molar-refractivity contribution in [2.24, 2.45) is 0 Å². The molecule has 1 aromatic rings. The standard InChI is InChI=1S/C19H28BrN3O3/c1-6-19-10-9-18(5,23(19)16(24)26-17(2,3)4)11-13(12-19)25-15-8-7-14(20)21-22-15/h7-8,13H,6,9-12H2,1-5H3/t13?,18-,19?/m1/s1. The number of fused-ring (bicyclic) bond motifs is 2. The molecule has 7 heteroatoms. The molecule has 0 spiro atoms. The molecule has 2 unspecified atom stereocenters. The Hall–Kier alpha value is -1.37. The lowest BCUT2D eigenvalue weighted by Gasteiger charge is -2.51. The number of rotatable bonds is 3. The first-order valence-corrected chi connectivity index (χ1v) is 10.1. The molecule has 3 rings (SSSR count). The summed E-state index contributed by atoms with van der Waals surface area (Å²) in [6.45, 7) is 10.0. The minimum atomic E-state index is -0.498. The number of carbonyl (C=O) groups excluding carboxylic acids is 1. The van der Waals surface area contributed by atoms with Gasteiger partial charge >= 0.3 is 6.09 Å². The summed E-state index contributed by atoms with van der Waals surface area (Å²) in [7, 11) is 0. The summed E-state index contributed by atoms with van der Waals surface area (Å²) >= 11 is 3.29. The van der Waals surface area contributed by atoms with Crippen molar-refractivity contribution in [1.29, 1.82) is 0 Å². The second kappa shape index (κ2) is 6.66. The van der Waals surface area contributed by atoms with Gasteiger partial charge in [0.1, 0.15) is 16.3 Å². The lowest BCUT2D eigenvalue weighted by Crippen LogP contribution is -2.62. The SMILES string of the molecule is CCC12CC[C@](C)(CC(Oc3ccc(Br)nn3)C1)N2C(=O)OC(C)(C)C. The highest BCUT2D eigenvalue weighted by atomic mass is 79.9. The quantitative estimate of drug-likeness (QED) is 0.700. The smallest absolute Gasteiger partial charge is 0.411 e. The lowest BCUT2D eigenvalue weighted by molar-refractivity contribution is -0.0651. The van der Waals surface area contributed by atoms with E-state index in [9.17, 15) is 4.79 Å². The van der Waals surface area contributed by atoms with Crippen LogP contribution in [0.3, 0.4) is 0 Å². The van der Waals surface area contributed by atoms with Crippen LogP contribution in [0.5, 0.6) is 5.88 Å². The Labute approximate surface area is 163 Å². The maximum absolute atomic E-state index is 13.0. The summed E-state index contributed by atoms with van der Waals surface area (Å²) in [4.78, 5) is 15.0. The van der Waals surface area contributed by atoms with E-state index < -0.39 is 5.60 Å². The van der Waals surface area contributed by atoms with E-state index in [0.717, 1.165) is 32.1 Å². The van der Waals surface area contributed by atoms with Gasteiger partial charge in [0.2, 0.25) is 5.88 Å². The van der Waals surface area contributed by atoms with Gasteiger partial charge in [-0.15, -0.1) is 10.2 Å². The minimum Gasteiger partial charge on any atom is -0.473 e. The minimum absolute atomic E-state index is 0.0108. The molecular weight excluding hydrogens is 398 g/mol. The number of carbonyl (C=O) groups is 1. The molecule has 3 atom stereocenters. The molecule has 0 radical (unpaired) electrons. The van der Waals surface area contributed by atoms with Gasteiger partial charge in [-0.2, -0.15) is 0 Å². The molecular formula is C19H28BrN3O3. The molecule has 0 saturated carbocycles. The third kappa shape index (κ3) is 3.68. The first-order valence-electron chi connectivity index (χ1n) is 9.26. The average molecular weight is 426 g/mol. The van der Waals surface area contributed by atoms with Crippen molar-refractivity contribution in [3.05, 3.63) is 16.7 Å². The Balaban J connectivity index is 1.82. The van der Waals surface area contributed by atoms with Crippen LogP contribution in [-0.2, 0) is 4.74 Å². The molecule has 1 amide bonds. The van der Waals surface area contributed by atoms with Crippen molar-refractivity contribution in [3.8, 4) is 5.88 Å². The Morgan fingerprint density at radius 2 is 2.04 bits per heavy atom.